The minimum absolute atomic E-state index is 0.104. The first-order valence-electron chi connectivity index (χ1n) is 7.42. The molecule has 0 radical (unpaired) electrons. The Hall–Kier alpha value is -3.62. The maximum absolute atomic E-state index is 13.2. The molecule has 0 saturated heterocycles. The second kappa shape index (κ2) is 7.51. The van der Waals surface area contributed by atoms with Crippen molar-refractivity contribution in [2.45, 2.75) is 0 Å². The summed E-state index contributed by atoms with van der Waals surface area (Å²) in [5.41, 5.74) is 1.36. The van der Waals surface area contributed by atoms with E-state index < -0.39 is 17.6 Å². The van der Waals surface area contributed by atoms with E-state index in [9.17, 15) is 13.6 Å². The number of rotatable bonds is 5. The lowest BCUT2D eigenvalue weighted by Gasteiger charge is -2.08. The van der Waals surface area contributed by atoms with Crippen molar-refractivity contribution in [3.8, 4) is 0 Å². The predicted molar refractivity (Wildman–Crippen MR) is 90.5 cm³/mol. The first-order valence-corrected chi connectivity index (χ1v) is 7.42. The predicted octanol–water partition coefficient (Wildman–Crippen LogP) is 3.42. The third-order valence-corrected chi connectivity index (χ3v) is 3.31. The lowest BCUT2D eigenvalue weighted by atomic mass is 10.2. The molecule has 9 heteroatoms. The first-order chi connectivity index (χ1) is 12.5. The molecular weight excluding hydrogens is 344 g/mol. The van der Waals surface area contributed by atoms with Crippen LogP contribution < -0.4 is 10.6 Å². The van der Waals surface area contributed by atoms with Crippen molar-refractivity contribution in [3.05, 3.63) is 65.9 Å². The minimum atomic E-state index is -0.983. The molecule has 132 valence electrons. The van der Waals surface area contributed by atoms with Crippen molar-refractivity contribution >= 4 is 29.1 Å². The van der Waals surface area contributed by atoms with Crippen molar-refractivity contribution in [2.24, 2.45) is 0 Å². The quantitative estimate of drug-likeness (QED) is 0.676. The van der Waals surface area contributed by atoms with Crippen LogP contribution >= 0.6 is 0 Å². The van der Waals surface area contributed by atoms with Crippen molar-refractivity contribution in [1.29, 1.82) is 0 Å². The van der Waals surface area contributed by atoms with Crippen molar-refractivity contribution in [3.63, 3.8) is 0 Å². The Kier molecular flexibility index (Phi) is 4.97. The number of benzene rings is 2. The molecule has 3 aromatic rings. The van der Waals surface area contributed by atoms with Crippen LogP contribution in [0, 0.1) is 11.6 Å². The molecule has 3 rings (SSSR count). The fourth-order valence-electron chi connectivity index (χ4n) is 2.08. The number of carbonyl (C=O) groups excluding carboxylic acids is 1. The summed E-state index contributed by atoms with van der Waals surface area (Å²) in [5.74, 6) is -1.88. The van der Waals surface area contributed by atoms with Crippen LogP contribution in [-0.2, 0) is 4.74 Å². The number of halogens is 2. The van der Waals surface area contributed by atoms with Gasteiger partial charge in [0.15, 0.2) is 17.5 Å². The number of hydrogen-bond acceptors (Lipinski definition) is 7. The lowest BCUT2D eigenvalue weighted by molar-refractivity contribution is 0.0601. The molecule has 0 aliphatic carbocycles. The van der Waals surface area contributed by atoms with Gasteiger partial charge in [0.05, 0.1) is 18.9 Å². The average molecular weight is 357 g/mol. The Morgan fingerprint density at radius 2 is 1.73 bits per heavy atom. The summed E-state index contributed by atoms with van der Waals surface area (Å²) in [7, 11) is 1.31. The van der Waals surface area contributed by atoms with Crippen molar-refractivity contribution in [2.75, 3.05) is 17.7 Å². The number of ether oxygens (including phenoxy) is 1. The van der Waals surface area contributed by atoms with Crippen LogP contribution in [-0.4, -0.2) is 28.3 Å². The average Bonchev–Trinajstić information content (AvgIpc) is 2.65. The zero-order valence-electron chi connectivity index (χ0n) is 13.5. The van der Waals surface area contributed by atoms with Gasteiger partial charge in [-0.05, 0) is 36.4 Å². The van der Waals surface area contributed by atoms with Crippen LogP contribution in [0.1, 0.15) is 10.4 Å². The highest BCUT2D eigenvalue weighted by Crippen LogP contribution is 2.19. The zero-order chi connectivity index (χ0) is 18.5. The molecular formula is C17H13F2N5O2. The number of aromatic nitrogens is 3. The number of anilines is 4. The van der Waals surface area contributed by atoms with Gasteiger partial charge < -0.3 is 15.4 Å². The largest absolute Gasteiger partial charge is 0.465 e. The van der Waals surface area contributed by atoms with Gasteiger partial charge in [-0.25, -0.2) is 13.6 Å². The summed E-state index contributed by atoms with van der Waals surface area (Å²) < 4.78 is 30.8. The molecule has 1 heterocycles. The monoisotopic (exact) mass is 357 g/mol. The van der Waals surface area contributed by atoms with Crippen LogP contribution in [0.4, 0.5) is 31.9 Å². The van der Waals surface area contributed by atoms with E-state index in [0.29, 0.717) is 17.1 Å². The van der Waals surface area contributed by atoms with Crippen LogP contribution in [0.15, 0.2) is 48.7 Å². The van der Waals surface area contributed by atoms with Crippen LogP contribution in [0.3, 0.4) is 0 Å². The molecule has 0 fully saturated rings. The number of methoxy groups -OCH3 is 1. The van der Waals surface area contributed by atoms with E-state index in [1.807, 2.05) is 0 Å². The molecule has 0 atom stereocenters. The fraction of sp³-hybridized carbons (Fsp3) is 0.0588. The molecule has 7 nitrogen and oxygen atoms in total. The molecule has 0 unspecified atom stereocenters. The Morgan fingerprint density at radius 1 is 1.00 bits per heavy atom. The Balaban J connectivity index is 1.72. The second-order valence-electron chi connectivity index (χ2n) is 5.11. The molecule has 0 bridgehead atoms. The zero-order valence-corrected chi connectivity index (χ0v) is 13.5. The van der Waals surface area contributed by atoms with E-state index in [-0.39, 0.29) is 11.6 Å². The fourth-order valence-corrected chi connectivity index (χ4v) is 2.08. The third kappa shape index (κ3) is 4.07. The number of hydrogen-bond donors (Lipinski definition) is 2. The Bertz CT molecular complexity index is 935. The topological polar surface area (TPSA) is 89.0 Å². The highest BCUT2D eigenvalue weighted by molar-refractivity contribution is 5.89. The Morgan fingerprint density at radius 3 is 2.42 bits per heavy atom. The van der Waals surface area contributed by atoms with Gasteiger partial charge in [0.1, 0.15) is 0 Å². The first kappa shape index (κ1) is 17.2. The van der Waals surface area contributed by atoms with Gasteiger partial charge in [-0.3, -0.25) is 0 Å². The lowest BCUT2D eigenvalue weighted by Crippen LogP contribution is -2.03. The van der Waals surface area contributed by atoms with Gasteiger partial charge in [0.2, 0.25) is 5.95 Å². The minimum Gasteiger partial charge on any atom is -0.465 e. The number of esters is 1. The standard InChI is InChI=1S/C17H13F2N5O2/c1-26-16(25)10-2-4-11(5-3-10)21-15-9-20-24-17(23-15)22-12-6-7-13(18)14(19)8-12/h2-9H,1H3,(H2,21,22,23,24). The molecule has 2 N–H and O–H groups in total. The summed E-state index contributed by atoms with van der Waals surface area (Å²) in [6, 6.07) is 9.90. The SMILES string of the molecule is COC(=O)c1ccc(Nc2cnnc(Nc3ccc(F)c(F)c3)n2)cc1. The van der Waals surface area contributed by atoms with Gasteiger partial charge in [-0.15, -0.1) is 5.10 Å². The van der Waals surface area contributed by atoms with Gasteiger partial charge in [0, 0.05) is 17.4 Å². The molecule has 0 saturated carbocycles. The highest BCUT2D eigenvalue weighted by Gasteiger charge is 2.07. The molecule has 0 aliphatic heterocycles. The number of nitrogens with zero attached hydrogens (tertiary/aromatic N) is 3. The number of nitrogens with one attached hydrogen (secondary N) is 2. The van der Waals surface area contributed by atoms with Crippen LogP contribution in [0.2, 0.25) is 0 Å². The molecule has 1 aromatic heterocycles. The van der Waals surface area contributed by atoms with Gasteiger partial charge in [-0.1, -0.05) is 0 Å². The van der Waals surface area contributed by atoms with Gasteiger partial charge in [-0.2, -0.15) is 10.1 Å². The maximum Gasteiger partial charge on any atom is 0.337 e. The smallest absolute Gasteiger partial charge is 0.337 e. The Labute approximate surface area is 147 Å². The highest BCUT2D eigenvalue weighted by atomic mass is 19.2. The molecule has 0 amide bonds. The van der Waals surface area contributed by atoms with E-state index in [2.05, 4.69) is 30.6 Å². The van der Waals surface area contributed by atoms with Crippen LogP contribution in [0.5, 0.6) is 0 Å². The molecule has 2 aromatic carbocycles. The van der Waals surface area contributed by atoms with E-state index >= 15 is 0 Å². The van der Waals surface area contributed by atoms with Gasteiger partial charge >= 0.3 is 5.97 Å². The normalized spacial score (nSPS) is 10.3. The maximum atomic E-state index is 13.2. The summed E-state index contributed by atoms with van der Waals surface area (Å²) in [6.07, 6.45) is 1.39. The van der Waals surface area contributed by atoms with Crippen LogP contribution in [0.25, 0.3) is 0 Å². The van der Waals surface area contributed by atoms with E-state index in [0.717, 1.165) is 12.1 Å². The van der Waals surface area contributed by atoms with E-state index in [4.69, 9.17) is 0 Å². The van der Waals surface area contributed by atoms with E-state index in [1.165, 1.54) is 19.4 Å². The summed E-state index contributed by atoms with van der Waals surface area (Å²) >= 11 is 0. The van der Waals surface area contributed by atoms with E-state index in [1.54, 1.807) is 24.3 Å². The summed E-state index contributed by atoms with van der Waals surface area (Å²) in [4.78, 5) is 15.6. The third-order valence-electron chi connectivity index (χ3n) is 3.31. The summed E-state index contributed by atoms with van der Waals surface area (Å²) in [6.45, 7) is 0. The van der Waals surface area contributed by atoms with Gasteiger partial charge in [0.25, 0.3) is 0 Å². The molecule has 0 aliphatic rings. The van der Waals surface area contributed by atoms with Crippen molar-refractivity contribution in [1.82, 2.24) is 15.2 Å². The van der Waals surface area contributed by atoms with Crippen molar-refractivity contribution < 1.29 is 18.3 Å². The molecule has 0 spiro atoms. The number of carbonyl (C=O) groups is 1. The summed E-state index contributed by atoms with van der Waals surface area (Å²) in [5, 5.41) is 13.3. The molecule has 26 heavy (non-hydrogen) atoms. The second-order valence-corrected chi connectivity index (χ2v) is 5.11.